The quantitative estimate of drug-likeness (QED) is 0.811. The molecule has 6 heteroatoms. The number of quaternary nitrogens is 1. The number of morpholine rings is 1. The molecule has 0 saturated carbocycles. The zero-order valence-corrected chi connectivity index (χ0v) is 15.8. The van der Waals surface area contributed by atoms with Crippen molar-refractivity contribution in [2.75, 3.05) is 50.1 Å². The maximum atomic E-state index is 12.3. The third-order valence-electron chi connectivity index (χ3n) is 4.38. The van der Waals surface area contributed by atoms with E-state index in [2.05, 4.69) is 10.2 Å². The van der Waals surface area contributed by atoms with Crippen molar-refractivity contribution >= 4 is 28.9 Å². The van der Waals surface area contributed by atoms with Crippen LogP contribution in [-0.2, 0) is 16.1 Å². The van der Waals surface area contributed by atoms with Gasteiger partial charge in [-0.2, -0.15) is 0 Å². The van der Waals surface area contributed by atoms with Gasteiger partial charge in [-0.3, -0.25) is 4.79 Å². The molecule has 1 unspecified atom stereocenters. The van der Waals surface area contributed by atoms with Crippen molar-refractivity contribution in [2.45, 2.75) is 6.54 Å². The van der Waals surface area contributed by atoms with E-state index in [1.54, 1.807) is 0 Å². The van der Waals surface area contributed by atoms with Gasteiger partial charge in [-0.25, -0.2) is 0 Å². The van der Waals surface area contributed by atoms with Crippen molar-refractivity contribution in [1.82, 2.24) is 0 Å². The van der Waals surface area contributed by atoms with Gasteiger partial charge >= 0.3 is 0 Å². The Kier molecular flexibility index (Phi) is 6.50. The molecule has 1 aliphatic rings. The van der Waals surface area contributed by atoms with E-state index in [-0.39, 0.29) is 5.91 Å². The number of carbonyl (C=O) groups excluding carboxylic acids is 1. The van der Waals surface area contributed by atoms with Gasteiger partial charge in [0.2, 0.25) is 0 Å². The number of likely N-dealkylation sites (N-methyl/N-ethyl adjacent to an activating group) is 1. The molecule has 3 rings (SSSR count). The van der Waals surface area contributed by atoms with Crippen LogP contribution in [-0.4, -0.2) is 45.8 Å². The van der Waals surface area contributed by atoms with Gasteiger partial charge in [0.15, 0.2) is 6.54 Å². The van der Waals surface area contributed by atoms with E-state index in [4.69, 9.17) is 16.3 Å². The van der Waals surface area contributed by atoms with Gasteiger partial charge in [0, 0.05) is 35.1 Å². The van der Waals surface area contributed by atoms with Crippen LogP contribution in [0.25, 0.3) is 0 Å². The van der Waals surface area contributed by atoms with Gasteiger partial charge in [0.25, 0.3) is 5.91 Å². The summed E-state index contributed by atoms with van der Waals surface area (Å²) in [5.41, 5.74) is 3.11. The summed E-state index contributed by atoms with van der Waals surface area (Å²) in [5, 5.41) is 3.69. The molecule has 0 aromatic heterocycles. The fraction of sp³-hybridized carbons (Fsp3) is 0.350. The maximum absolute atomic E-state index is 12.3. The Hall–Kier alpha value is -2.08. The van der Waals surface area contributed by atoms with Gasteiger partial charge in [0.1, 0.15) is 6.54 Å². The number of nitrogens with one attached hydrogen (secondary N) is 2. The molecule has 2 aromatic carbocycles. The SMILES string of the molecule is C[NH+](CC(=O)Nc1ccc(N2CCOCC2)cc1)Cc1cccc(Cl)c1. The van der Waals surface area contributed by atoms with Crippen LogP contribution in [0.4, 0.5) is 11.4 Å². The third kappa shape index (κ3) is 5.46. The molecular formula is C20H25ClN3O2+. The number of carbonyl (C=O) groups is 1. The molecule has 0 spiro atoms. The molecule has 0 aliphatic carbocycles. The van der Waals surface area contributed by atoms with Crippen molar-refractivity contribution in [2.24, 2.45) is 0 Å². The second-order valence-electron chi connectivity index (χ2n) is 6.64. The Morgan fingerprint density at radius 1 is 1.19 bits per heavy atom. The Morgan fingerprint density at radius 3 is 2.62 bits per heavy atom. The van der Waals surface area contributed by atoms with Crippen LogP contribution in [0, 0.1) is 0 Å². The number of anilines is 2. The lowest BCUT2D eigenvalue weighted by Gasteiger charge is -2.28. The highest BCUT2D eigenvalue weighted by Crippen LogP contribution is 2.18. The average molecular weight is 375 g/mol. The number of hydrogen-bond acceptors (Lipinski definition) is 3. The van der Waals surface area contributed by atoms with Crippen LogP contribution in [0.1, 0.15) is 5.56 Å². The van der Waals surface area contributed by atoms with E-state index >= 15 is 0 Å². The largest absolute Gasteiger partial charge is 0.378 e. The van der Waals surface area contributed by atoms with E-state index in [1.807, 2.05) is 55.6 Å². The average Bonchev–Trinajstić information content (AvgIpc) is 2.63. The highest BCUT2D eigenvalue weighted by Gasteiger charge is 2.13. The van der Waals surface area contributed by atoms with Gasteiger partial charge in [0.05, 0.1) is 20.3 Å². The summed E-state index contributed by atoms with van der Waals surface area (Å²) in [4.78, 5) is 15.7. The van der Waals surface area contributed by atoms with Gasteiger partial charge in [-0.15, -0.1) is 0 Å². The Balaban J connectivity index is 1.49. The molecule has 2 aromatic rings. The van der Waals surface area contributed by atoms with Gasteiger partial charge in [-0.1, -0.05) is 23.7 Å². The zero-order chi connectivity index (χ0) is 18.4. The van der Waals surface area contributed by atoms with Crippen molar-refractivity contribution in [1.29, 1.82) is 0 Å². The lowest BCUT2D eigenvalue weighted by molar-refractivity contribution is -0.885. The van der Waals surface area contributed by atoms with E-state index in [0.29, 0.717) is 6.54 Å². The summed E-state index contributed by atoms with van der Waals surface area (Å²) in [6.07, 6.45) is 0. The fourth-order valence-corrected chi connectivity index (χ4v) is 3.33. The monoisotopic (exact) mass is 374 g/mol. The molecule has 0 bridgehead atoms. The third-order valence-corrected chi connectivity index (χ3v) is 4.62. The predicted molar refractivity (Wildman–Crippen MR) is 105 cm³/mol. The summed E-state index contributed by atoms with van der Waals surface area (Å²) in [7, 11) is 2.00. The highest BCUT2D eigenvalue weighted by atomic mass is 35.5. The molecule has 1 atom stereocenters. The van der Waals surface area contributed by atoms with E-state index in [0.717, 1.165) is 59.7 Å². The summed E-state index contributed by atoms with van der Waals surface area (Å²) in [6, 6.07) is 15.7. The first-order valence-electron chi connectivity index (χ1n) is 8.88. The summed E-state index contributed by atoms with van der Waals surface area (Å²) < 4.78 is 5.38. The van der Waals surface area contributed by atoms with Crippen LogP contribution in [0.2, 0.25) is 5.02 Å². The van der Waals surface area contributed by atoms with Crippen molar-refractivity contribution in [3.05, 3.63) is 59.1 Å². The van der Waals surface area contributed by atoms with Crippen molar-refractivity contribution in [3.8, 4) is 0 Å². The summed E-state index contributed by atoms with van der Waals surface area (Å²) in [6.45, 7) is 4.49. The highest BCUT2D eigenvalue weighted by molar-refractivity contribution is 6.30. The molecule has 2 N–H and O–H groups in total. The predicted octanol–water partition coefficient (Wildman–Crippen LogP) is 1.83. The van der Waals surface area contributed by atoms with E-state index in [9.17, 15) is 4.79 Å². The molecule has 138 valence electrons. The molecule has 1 amide bonds. The van der Waals surface area contributed by atoms with Crippen molar-refractivity contribution in [3.63, 3.8) is 0 Å². The van der Waals surface area contributed by atoms with Crippen LogP contribution >= 0.6 is 11.6 Å². The molecule has 1 aliphatic heterocycles. The first-order valence-corrected chi connectivity index (χ1v) is 9.26. The van der Waals surface area contributed by atoms with E-state index < -0.39 is 0 Å². The van der Waals surface area contributed by atoms with Crippen molar-refractivity contribution < 1.29 is 14.4 Å². The molecule has 26 heavy (non-hydrogen) atoms. The molecule has 1 fully saturated rings. The molecule has 0 radical (unpaired) electrons. The molecule has 5 nitrogen and oxygen atoms in total. The first-order chi connectivity index (χ1) is 12.6. The van der Waals surface area contributed by atoms with Crippen LogP contribution in [0.5, 0.6) is 0 Å². The number of ether oxygens (including phenoxy) is 1. The lowest BCUT2D eigenvalue weighted by atomic mass is 10.2. The minimum Gasteiger partial charge on any atom is -0.378 e. The summed E-state index contributed by atoms with van der Waals surface area (Å²) >= 11 is 6.01. The van der Waals surface area contributed by atoms with Crippen LogP contribution in [0.3, 0.4) is 0 Å². The first kappa shape index (κ1) is 18.7. The fourth-order valence-electron chi connectivity index (χ4n) is 3.11. The number of nitrogens with zero attached hydrogens (tertiary/aromatic N) is 1. The number of hydrogen-bond donors (Lipinski definition) is 2. The smallest absolute Gasteiger partial charge is 0.279 e. The topological polar surface area (TPSA) is 46.0 Å². The number of rotatable bonds is 6. The number of benzene rings is 2. The number of amides is 1. The standard InChI is InChI=1S/C20H24ClN3O2/c1-23(14-16-3-2-4-17(21)13-16)15-20(25)22-18-5-7-19(8-6-18)24-9-11-26-12-10-24/h2-8,13H,9-12,14-15H2,1H3,(H,22,25)/p+1. The normalized spacial score (nSPS) is 15.5. The van der Waals surface area contributed by atoms with Gasteiger partial charge in [-0.05, 0) is 36.4 Å². The molecule has 1 heterocycles. The van der Waals surface area contributed by atoms with Crippen LogP contribution in [0.15, 0.2) is 48.5 Å². The maximum Gasteiger partial charge on any atom is 0.279 e. The second-order valence-corrected chi connectivity index (χ2v) is 7.07. The minimum absolute atomic E-state index is 0.00338. The summed E-state index contributed by atoms with van der Waals surface area (Å²) in [5.74, 6) is 0.00338. The van der Waals surface area contributed by atoms with Gasteiger partial charge < -0.3 is 19.9 Å². The minimum atomic E-state index is 0.00338. The molecule has 1 saturated heterocycles. The molecular weight excluding hydrogens is 350 g/mol. The Morgan fingerprint density at radius 2 is 1.92 bits per heavy atom. The Bertz CT molecular complexity index is 730. The van der Waals surface area contributed by atoms with E-state index in [1.165, 1.54) is 0 Å². The lowest BCUT2D eigenvalue weighted by Crippen LogP contribution is -3.08. The second kappa shape index (κ2) is 9.03. The zero-order valence-electron chi connectivity index (χ0n) is 15.0. The van der Waals surface area contributed by atoms with Crippen LogP contribution < -0.4 is 15.1 Å². The number of halogens is 1. The Labute approximate surface area is 159 Å².